The predicted octanol–water partition coefficient (Wildman–Crippen LogP) is 4.47. The van der Waals surface area contributed by atoms with Gasteiger partial charge in [-0.15, -0.1) is 0 Å². The van der Waals surface area contributed by atoms with Gasteiger partial charge in [0.05, 0.1) is 29.0 Å². The number of halogens is 6. The lowest BCUT2D eigenvalue weighted by Crippen LogP contribution is -2.54. The summed E-state index contributed by atoms with van der Waals surface area (Å²) in [7, 11) is 1.19. The van der Waals surface area contributed by atoms with Crippen LogP contribution in [0.5, 0.6) is 5.75 Å². The Bertz CT molecular complexity index is 1370. The number of carboxylic acid groups (broad SMARTS) is 1. The van der Waals surface area contributed by atoms with Gasteiger partial charge in [-0.25, -0.2) is 14.6 Å². The summed E-state index contributed by atoms with van der Waals surface area (Å²) in [4.78, 5) is 42.5. The van der Waals surface area contributed by atoms with Crippen LogP contribution in [-0.4, -0.2) is 83.6 Å². The number of carbonyl (C=O) groups is 3. The van der Waals surface area contributed by atoms with Gasteiger partial charge >= 0.3 is 12.1 Å². The van der Waals surface area contributed by atoms with E-state index < -0.39 is 72.4 Å². The number of hydrogen-bond donors (Lipinski definition) is 3. The van der Waals surface area contributed by atoms with Gasteiger partial charge in [0.1, 0.15) is 18.1 Å². The number of likely N-dealkylation sites (tertiary alicyclic amines) is 1. The molecule has 10 nitrogen and oxygen atoms in total. The van der Waals surface area contributed by atoms with E-state index in [9.17, 15) is 41.4 Å². The molecule has 1 aromatic rings. The molecule has 2 fully saturated rings. The lowest BCUT2D eigenvalue weighted by atomic mass is 9.66. The van der Waals surface area contributed by atoms with Crippen molar-refractivity contribution in [2.24, 2.45) is 28.8 Å². The highest BCUT2D eigenvalue weighted by molar-refractivity contribution is 6.31. The summed E-state index contributed by atoms with van der Waals surface area (Å²) in [5, 5.41) is 11.1. The number of hydrazine groups is 1. The van der Waals surface area contributed by atoms with Gasteiger partial charge in [0.25, 0.3) is 6.43 Å². The first kappa shape index (κ1) is 35.5. The van der Waals surface area contributed by atoms with Crippen molar-refractivity contribution >= 4 is 29.4 Å². The summed E-state index contributed by atoms with van der Waals surface area (Å²) in [5.74, 6) is 0.626. The molecule has 2 amide bonds. The molecule has 1 unspecified atom stereocenters. The number of carbonyl (C=O) groups excluding carboxylic acids is 2. The first-order valence-corrected chi connectivity index (χ1v) is 15.4. The number of fused-ring (bicyclic) bond motifs is 1. The smallest absolute Gasteiger partial charge is 0.392 e. The zero-order chi connectivity index (χ0) is 34.1. The SMILES string of the molecule is CN(N)/C(=C(\N)COc1ccc(Cl)c2c1[C@@H](CN1CCC(C(F)(F)F)CC1=O)N(C(=O)[C@@H]1CCCC[C@]1(C)C(=O)O)CC2)C(F)F. The second-order valence-electron chi connectivity index (χ2n) is 12.4. The zero-order valence-electron chi connectivity index (χ0n) is 25.6. The Kier molecular flexibility index (Phi) is 10.7. The van der Waals surface area contributed by atoms with E-state index in [4.69, 9.17) is 27.9 Å². The second kappa shape index (κ2) is 13.8. The highest BCUT2D eigenvalue weighted by atomic mass is 35.5. The van der Waals surface area contributed by atoms with Crippen molar-refractivity contribution < 1.29 is 46.2 Å². The number of nitrogens with two attached hydrogens (primary N) is 2. The number of alkyl halides is 5. The number of allylic oxidation sites excluding steroid dienone is 1. The Labute approximate surface area is 268 Å². The fraction of sp³-hybridized carbons (Fsp3) is 0.633. The maximum absolute atomic E-state index is 14.3. The molecule has 0 spiro atoms. The molecule has 1 saturated carbocycles. The molecule has 46 heavy (non-hydrogen) atoms. The lowest BCUT2D eigenvalue weighted by Gasteiger charge is -2.46. The standard InChI is InChI=1S/C30H39ClF5N5O5/c1-29(28(44)45)10-4-3-5-18(29)27(43)41-12-9-17-19(31)6-7-22(46-15-20(37)25(26(32)33)39(2)38)24(17)21(41)14-40-11-8-16(13-23(40)42)30(34,35)36/h6-7,16,18,21,26H,3-5,8-15,37-38H2,1-2H3,(H,44,45)/b25-20-/t16?,18-,21+,29-/m0/s1. The van der Waals surface area contributed by atoms with Crippen molar-refractivity contribution in [3.05, 3.63) is 39.7 Å². The number of ether oxygens (including phenoxy) is 1. The van der Waals surface area contributed by atoms with Crippen LogP contribution in [0, 0.1) is 17.3 Å². The quantitative estimate of drug-likeness (QED) is 0.197. The number of piperidine rings is 1. The molecule has 0 radical (unpaired) electrons. The van der Waals surface area contributed by atoms with Crippen LogP contribution in [-0.2, 0) is 20.8 Å². The van der Waals surface area contributed by atoms with Crippen molar-refractivity contribution in [2.45, 2.75) is 70.5 Å². The minimum Gasteiger partial charge on any atom is -0.487 e. The normalized spacial score (nSPS) is 26.0. The van der Waals surface area contributed by atoms with Crippen LogP contribution in [0.3, 0.4) is 0 Å². The van der Waals surface area contributed by atoms with Gasteiger partial charge < -0.3 is 30.4 Å². The molecule has 2 heterocycles. The van der Waals surface area contributed by atoms with Gasteiger partial charge in [0.15, 0.2) is 0 Å². The Hall–Kier alpha value is -3.33. The number of benzene rings is 1. The third-order valence-corrected chi connectivity index (χ3v) is 9.88. The van der Waals surface area contributed by atoms with Crippen LogP contribution in [0.15, 0.2) is 23.5 Å². The minimum atomic E-state index is -4.54. The molecule has 0 bridgehead atoms. The fourth-order valence-electron chi connectivity index (χ4n) is 6.85. The van der Waals surface area contributed by atoms with Crippen LogP contribution < -0.4 is 16.3 Å². The largest absolute Gasteiger partial charge is 0.487 e. The zero-order valence-corrected chi connectivity index (χ0v) is 26.3. The third kappa shape index (κ3) is 7.14. The van der Waals surface area contributed by atoms with Gasteiger partial charge in [-0.3, -0.25) is 14.4 Å². The molecule has 1 aliphatic carbocycles. The van der Waals surface area contributed by atoms with Gasteiger partial charge in [0.2, 0.25) is 11.8 Å². The monoisotopic (exact) mass is 679 g/mol. The number of aliphatic carboxylic acids is 1. The molecule has 1 saturated heterocycles. The van der Waals surface area contributed by atoms with E-state index in [1.54, 1.807) is 0 Å². The van der Waals surface area contributed by atoms with Crippen LogP contribution in [0.25, 0.3) is 0 Å². The summed E-state index contributed by atoms with van der Waals surface area (Å²) in [6.45, 7) is 0.653. The van der Waals surface area contributed by atoms with Crippen LogP contribution >= 0.6 is 11.6 Å². The van der Waals surface area contributed by atoms with E-state index in [0.29, 0.717) is 40.4 Å². The van der Waals surface area contributed by atoms with Gasteiger partial charge in [-0.05, 0) is 50.3 Å². The van der Waals surface area contributed by atoms with E-state index in [-0.39, 0.29) is 50.3 Å². The summed E-state index contributed by atoms with van der Waals surface area (Å²) >= 11 is 6.58. The summed E-state index contributed by atoms with van der Waals surface area (Å²) in [6.07, 6.45) is -6.56. The third-order valence-electron chi connectivity index (χ3n) is 9.53. The highest BCUT2D eigenvalue weighted by Crippen LogP contribution is 2.47. The minimum absolute atomic E-state index is 0.0919. The Morgan fingerprint density at radius 1 is 1.22 bits per heavy atom. The maximum atomic E-state index is 14.3. The van der Waals surface area contributed by atoms with Crippen molar-refractivity contribution in [3.63, 3.8) is 0 Å². The molecule has 1 aromatic carbocycles. The number of amides is 2. The molecule has 0 aromatic heterocycles. The van der Waals surface area contributed by atoms with E-state index in [0.717, 1.165) is 0 Å². The highest BCUT2D eigenvalue weighted by Gasteiger charge is 2.50. The van der Waals surface area contributed by atoms with E-state index in [1.807, 2.05) is 0 Å². The summed E-state index contributed by atoms with van der Waals surface area (Å²) in [5.41, 5.74) is 4.42. The fourth-order valence-corrected chi connectivity index (χ4v) is 7.11. The number of hydrogen-bond acceptors (Lipinski definition) is 7. The van der Waals surface area contributed by atoms with Crippen LogP contribution in [0.1, 0.15) is 62.6 Å². The van der Waals surface area contributed by atoms with Crippen LogP contribution in [0.2, 0.25) is 5.02 Å². The van der Waals surface area contributed by atoms with Crippen molar-refractivity contribution in [3.8, 4) is 5.75 Å². The summed E-state index contributed by atoms with van der Waals surface area (Å²) < 4.78 is 73.5. The molecule has 5 N–H and O–H groups in total. The second-order valence-corrected chi connectivity index (χ2v) is 12.8. The summed E-state index contributed by atoms with van der Waals surface area (Å²) in [6, 6.07) is 1.99. The molecule has 4 atom stereocenters. The number of carboxylic acids is 1. The van der Waals surface area contributed by atoms with Crippen molar-refractivity contribution in [1.82, 2.24) is 14.8 Å². The first-order chi connectivity index (χ1) is 21.5. The van der Waals surface area contributed by atoms with Crippen molar-refractivity contribution in [1.29, 1.82) is 0 Å². The molecule has 16 heteroatoms. The average Bonchev–Trinajstić information content (AvgIpc) is 2.96. The van der Waals surface area contributed by atoms with E-state index in [2.05, 4.69) is 0 Å². The molecule has 3 aliphatic rings. The van der Waals surface area contributed by atoms with Crippen molar-refractivity contribution in [2.75, 3.05) is 33.3 Å². The average molecular weight is 680 g/mol. The molecular weight excluding hydrogens is 641 g/mol. The number of nitrogens with zero attached hydrogens (tertiary/aromatic N) is 3. The van der Waals surface area contributed by atoms with E-state index >= 15 is 0 Å². The Balaban J connectivity index is 1.76. The Morgan fingerprint density at radius 2 is 1.91 bits per heavy atom. The molecule has 256 valence electrons. The van der Waals surface area contributed by atoms with Crippen LogP contribution in [0.4, 0.5) is 22.0 Å². The van der Waals surface area contributed by atoms with Gasteiger partial charge in [-0.2, -0.15) is 13.2 Å². The molecule has 2 aliphatic heterocycles. The Morgan fingerprint density at radius 3 is 2.50 bits per heavy atom. The van der Waals surface area contributed by atoms with Gasteiger partial charge in [-0.1, -0.05) is 24.4 Å². The number of rotatable bonds is 9. The lowest BCUT2D eigenvalue weighted by molar-refractivity contribution is -0.190. The molecule has 4 rings (SSSR count). The first-order valence-electron chi connectivity index (χ1n) is 15.0. The predicted molar refractivity (Wildman–Crippen MR) is 157 cm³/mol. The van der Waals surface area contributed by atoms with Gasteiger partial charge in [0, 0.05) is 43.7 Å². The topological polar surface area (TPSA) is 142 Å². The maximum Gasteiger partial charge on any atom is 0.392 e. The van der Waals surface area contributed by atoms with E-state index in [1.165, 1.54) is 35.9 Å². The molecular formula is C30H39ClF5N5O5.